The summed E-state index contributed by atoms with van der Waals surface area (Å²) in [5.74, 6) is 0. The molecule has 0 saturated carbocycles. The molecule has 0 bridgehead atoms. The zero-order valence-corrected chi connectivity index (χ0v) is 10.0. The van der Waals surface area contributed by atoms with Gasteiger partial charge in [-0.1, -0.05) is 42.5 Å². The molecule has 1 aromatic rings. The van der Waals surface area contributed by atoms with Crippen molar-refractivity contribution in [2.45, 2.75) is 24.8 Å². The Balaban J connectivity index is 1.97. The highest BCUT2D eigenvalue weighted by atomic mass is 15.2. The molecule has 1 nitrogen and oxygen atoms in total. The summed E-state index contributed by atoms with van der Waals surface area (Å²) in [5.41, 5.74) is 4.89. The van der Waals surface area contributed by atoms with E-state index in [9.17, 15) is 0 Å². The fourth-order valence-corrected chi connectivity index (χ4v) is 3.87. The Morgan fingerprint density at radius 3 is 3.12 bits per heavy atom. The summed E-state index contributed by atoms with van der Waals surface area (Å²) in [4.78, 5) is 2.67. The van der Waals surface area contributed by atoms with E-state index >= 15 is 0 Å². The van der Waals surface area contributed by atoms with E-state index in [2.05, 4.69) is 47.4 Å². The minimum absolute atomic E-state index is 0.226. The second-order valence-electron chi connectivity index (χ2n) is 5.31. The molecule has 1 atom stereocenters. The molecule has 1 heteroatoms. The maximum absolute atomic E-state index is 2.67. The molecule has 0 unspecified atom stereocenters. The van der Waals surface area contributed by atoms with Crippen LogP contribution in [0.2, 0.25) is 0 Å². The first-order valence-electron chi connectivity index (χ1n) is 6.62. The summed E-state index contributed by atoms with van der Waals surface area (Å²) in [6, 6.07) is 9.04. The molecule has 1 aromatic carbocycles. The van der Waals surface area contributed by atoms with Gasteiger partial charge in [-0.3, -0.25) is 4.90 Å². The molecular weight excluding hydrogens is 206 g/mol. The third-order valence-corrected chi connectivity index (χ3v) is 4.63. The Morgan fingerprint density at radius 1 is 1.18 bits per heavy atom. The number of allylic oxidation sites excluding steroid dienone is 1. The fraction of sp³-hybridized carbons (Fsp3) is 0.375. The lowest BCUT2D eigenvalue weighted by molar-refractivity contribution is 0.132. The van der Waals surface area contributed by atoms with Crippen molar-refractivity contribution in [1.82, 2.24) is 4.90 Å². The number of hydrogen-bond acceptors (Lipinski definition) is 1. The summed E-state index contributed by atoms with van der Waals surface area (Å²) in [7, 11) is 0. The maximum Gasteiger partial charge on any atom is 0.0721 e. The second-order valence-corrected chi connectivity index (χ2v) is 5.31. The molecule has 0 fully saturated rings. The first-order chi connectivity index (χ1) is 8.41. The summed E-state index contributed by atoms with van der Waals surface area (Å²) in [5, 5.41) is 0. The van der Waals surface area contributed by atoms with Crippen LogP contribution in [0.25, 0.3) is 0 Å². The van der Waals surface area contributed by atoms with Gasteiger partial charge in [0.05, 0.1) is 5.54 Å². The van der Waals surface area contributed by atoms with Gasteiger partial charge in [0.2, 0.25) is 0 Å². The van der Waals surface area contributed by atoms with Gasteiger partial charge in [0, 0.05) is 13.1 Å². The molecule has 4 rings (SSSR count). The molecule has 0 radical (unpaired) electrons. The Morgan fingerprint density at radius 2 is 2.12 bits per heavy atom. The first-order valence-corrected chi connectivity index (χ1v) is 6.62. The lowest BCUT2D eigenvalue weighted by Crippen LogP contribution is -2.48. The minimum atomic E-state index is 0.226. The highest BCUT2D eigenvalue weighted by molar-refractivity contribution is 5.51. The normalized spacial score (nSPS) is 30.5. The second kappa shape index (κ2) is 3.33. The van der Waals surface area contributed by atoms with Crippen LogP contribution < -0.4 is 0 Å². The van der Waals surface area contributed by atoms with Gasteiger partial charge >= 0.3 is 0 Å². The van der Waals surface area contributed by atoms with E-state index in [0.29, 0.717) is 0 Å². The zero-order chi connectivity index (χ0) is 11.3. The number of fused-ring (bicyclic) bond motifs is 1. The molecule has 86 valence electrons. The van der Waals surface area contributed by atoms with Gasteiger partial charge in [0.15, 0.2) is 0 Å². The van der Waals surface area contributed by atoms with E-state index in [0.717, 1.165) is 6.54 Å². The zero-order valence-electron chi connectivity index (χ0n) is 10.0. The third-order valence-electron chi connectivity index (χ3n) is 4.63. The predicted octanol–water partition coefficient (Wildman–Crippen LogP) is 3.03. The fourth-order valence-electron chi connectivity index (χ4n) is 3.87. The van der Waals surface area contributed by atoms with Gasteiger partial charge in [0.25, 0.3) is 0 Å². The number of nitrogens with zero attached hydrogens (tertiary/aromatic N) is 1. The lowest BCUT2D eigenvalue weighted by Gasteiger charge is -2.46. The van der Waals surface area contributed by atoms with Crippen LogP contribution in [0.4, 0.5) is 0 Å². The third kappa shape index (κ3) is 1.13. The van der Waals surface area contributed by atoms with Gasteiger partial charge in [-0.2, -0.15) is 0 Å². The van der Waals surface area contributed by atoms with Crippen LogP contribution in [-0.2, 0) is 12.0 Å². The van der Waals surface area contributed by atoms with E-state index < -0.39 is 0 Å². The van der Waals surface area contributed by atoms with Crippen LogP contribution in [0, 0.1) is 0 Å². The number of rotatable bonds is 0. The van der Waals surface area contributed by atoms with Crippen molar-refractivity contribution in [2.24, 2.45) is 0 Å². The van der Waals surface area contributed by atoms with Crippen LogP contribution >= 0.6 is 0 Å². The first kappa shape index (κ1) is 9.67. The minimum Gasteiger partial charge on any atom is -0.286 e. The van der Waals surface area contributed by atoms with Crippen molar-refractivity contribution in [1.29, 1.82) is 0 Å². The summed E-state index contributed by atoms with van der Waals surface area (Å²) >= 11 is 0. The number of hydrogen-bond donors (Lipinski definition) is 0. The van der Waals surface area contributed by atoms with Crippen LogP contribution in [0.5, 0.6) is 0 Å². The molecule has 2 aliphatic heterocycles. The van der Waals surface area contributed by atoms with Crippen LogP contribution in [0.15, 0.2) is 48.1 Å². The molecule has 0 aromatic heterocycles. The maximum atomic E-state index is 2.67. The van der Waals surface area contributed by atoms with Crippen molar-refractivity contribution in [2.75, 3.05) is 13.1 Å². The van der Waals surface area contributed by atoms with Crippen molar-refractivity contribution in [3.8, 4) is 0 Å². The average molecular weight is 223 g/mol. The summed E-state index contributed by atoms with van der Waals surface area (Å²) < 4.78 is 0. The largest absolute Gasteiger partial charge is 0.286 e. The van der Waals surface area contributed by atoms with E-state index in [1.54, 1.807) is 11.1 Å². The standard InChI is InChI=1S/C16H17N/c1-2-7-15-13(5-1)8-11-17-12-9-14-6-3-4-10-16(14,15)17/h1-3,5-7,9H,4,8,10-12H2/t16-/m0/s1. The van der Waals surface area contributed by atoms with Gasteiger partial charge in [-0.15, -0.1) is 0 Å². The van der Waals surface area contributed by atoms with E-state index in [4.69, 9.17) is 0 Å². The Hall–Kier alpha value is -1.34. The van der Waals surface area contributed by atoms with Gasteiger partial charge in [-0.25, -0.2) is 0 Å². The number of benzene rings is 1. The van der Waals surface area contributed by atoms with Gasteiger partial charge < -0.3 is 0 Å². The quantitative estimate of drug-likeness (QED) is 0.653. The molecule has 0 N–H and O–H groups in total. The molecular formula is C16H17N. The smallest absolute Gasteiger partial charge is 0.0721 e. The Labute approximate surface area is 102 Å². The molecule has 3 aliphatic rings. The van der Waals surface area contributed by atoms with E-state index in [1.807, 2.05) is 0 Å². The van der Waals surface area contributed by atoms with Crippen molar-refractivity contribution in [3.05, 3.63) is 59.2 Å². The van der Waals surface area contributed by atoms with Crippen molar-refractivity contribution < 1.29 is 0 Å². The van der Waals surface area contributed by atoms with Crippen LogP contribution in [0.3, 0.4) is 0 Å². The summed E-state index contributed by atoms with van der Waals surface area (Å²) in [6.45, 7) is 2.35. The predicted molar refractivity (Wildman–Crippen MR) is 69.9 cm³/mol. The van der Waals surface area contributed by atoms with E-state index in [1.165, 1.54) is 31.4 Å². The van der Waals surface area contributed by atoms with Gasteiger partial charge in [-0.05, 0) is 36.0 Å². The Bertz CT molecular complexity index is 526. The molecule has 1 spiro atoms. The van der Waals surface area contributed by atoms with Crippen molar-refractivity contribution >= 4 is 0 Å². The summed E-state index contributed by atoms with van der Waals surface area (Å²) in [6.07, 6.45) is 10.8. The molecule has 0 saturated heterocycles. The lowest BCUT2D eigenvalue weighted by atomic mass is 9.72. The molecule has 2 heterocycles. The average Bonchev–Trinajstić information content (AvgIpc) is 2.78. The SMILES string of the molecule is C1=CC2=CCN3CCc4ccccc4[C@]23CC1. The van der Waals surface area contributed by atoms with Gasteiger partial charge in [0.1, 0.15) is 0 Å². The highest BCUT2D eigenvalue weighted by Gasteiger charge is 2.47. The van der Waals surface area contributed by atoms with Crippen LogP contribution in [0.1, 0.15) is 24.0 Å². The monoisotopic (exact) mass is 223 g/mol. The molecule has 0 amide bonds. The van der Waals surface area contributed by atoms with Crippen molar-refractivity contribution in [3.63, 3.8) is 0 Å². The van der Waals surface area contributed by atoms with E-state index in [-0.39, 0.29) is 5.54 Å². The molecule has 1 aliphatic carbocycles. The highest BCUT2D eigenvalue weighted by Crippen LogP contribution is 2.49. The molecule has 17 heavy (non-hydrogen) atoms. The van der Waals surface area contributed by atoms with Crippen LogP contribution in [-0.4, -0.2) is 18.0 Å². The Kier molecular flexibility index (Phi) is 1.89. The topological polar surface area (TPSA) is 3.24 Å².